The zero-order valence-electron chi connectivity index (χ0n) is 51.3. The molecule has 0 heterocycles. The number of rotatable bonds is 63. The van der Waals surface area contributed by atoms with Crippen molar-refractivity contribution in [2.24, 2.45) is 0 Å². The molecule has 0 saturated heterocycles. The van der Waals surface area contributed by atoms with E-state index < -0.39 is 6.10 Å². The van der Waals surface area contributed by atoms with Crippen molar-refractivity contribution in [2.75, 3.05) is 13.2 Å². The summed E-state index contributed by atoms with van der Waals surface area (Å²) in [5.74, 6) is -0.862. The second kappa shape index (κ2) is 65.2. The number of esters is 3. The second-order valence-corrected chi connectivity index (χ2v) is 23.1. The Hall–Kier alpha value is -2.37. The Bertz CT molecular complexity index is 1270. The first-order chi connectivity index (χ1) is 37.5. The van der Waals surface area contributed by atoms with Crippen molar-refractivity contribution in [2.45, 2.75) is 380 Å². The van der Waals surface area contributed by atoms with Crippen molar-refractivity contribution < 1.29 is 28.6 Å². The average molecular weight is 1070 g/mol. The summed E-state index contributed by atoms with van der Waals surface area (Å²) >= 11 is 0. The van der Waals surface area contributed by atoms with E-state index in [2.05, 4.69) is 57.2 Å². The summed E-state index contributed by atoms with van der Waals surface area (Å²) < 4.78 is 16.9. The molecule has 0 radical (unpaired) electrons. The number of ether oxygens (including phenoxy) is 3. The average Bonchev–Trinajstić information content (AvgIpc) is 3.42. The normalized spacial score (nSPS) is 12.2. The standard InChI is InChI=1S/C70H130O6/c1-4-7-10-13-16-19-22-25-27-29-31-32-33-34-35-36-37-38-40-41-43-45-48-51-54-57-60-63-69(72)75-66-67(65-74-68(71)62-59-56-53-50-47-24-21-18-15-12-9-6-3)76-70(73)64-61-58-55-52-49-46-44-42-39-30-28-26-23-20-17-14-11-8-5-2/h17-18,20-21,26,28,67H,4-16,19,22-25,27,29-66H2,1-3H3/b20-17-,21-18-,28-26-. The van der Waals surface area contributed by atoms with Crippen LogP contribution in [0.4, 0.5) is 0 Å². The summed E-state index contributed by atoms with van der Waals surface area (Å²) in [5, 5.41) is 0. The zero-order valence-corrected chi connectivity index (χ0v) is 51.3. The molecule has 0 aliphatic carbocycles. The molecule has 0 amide bonds. The second-order valence-electron chi connectivity index (χ2n) is 23.1. The van der Waals surface area contributed by atoms with Crippen molar-refractivity contribution in [3.63, 3.8) is 0 Å². The lowest BCUT2D eigenvalue weighted by Crippen LogP contribution is -2.30. The highest BCUT2D eigenvalue weighted by atomic mass is 16.6. The first kappa shape index (κ1) is 73.6. The van der Waals surface area contributed by atoms with Gasteiger partial charge in [-0.2, -0.15) is 0 Å². The zero-order chi connectivity index (χ0) is 55.0. The molecule has 0 aliphatic heterocycles. The molecule has 0 aliphatic rings. The molecular weight excluding hydrogens is 937 g/mol. The van der Waals surface area contributed by atoms with Gasteiger partial charge in [0.25, 0.3) is 0 Å². The first-order valence-electron chi connectivity index (χ1n) is 34.0. The van der Waals surface area contributed by atoms with E-state index in [1.54, 1.807) is 0 Å². The molecular formula is C70H130O6. The van der Waals surface area contributed by atoms with E-state index in [1.807, 2.05) is 0 Å². The van der Waals surface area contributed by atoms with Gasteiger partial charge in [0.15, 0.2) is 6.10 Å². The van der Waals surface area contributed by atoms with Crippen LogP contribution in [0.2, 0.25) is 0 Å². The summed E-state index contributed by atoms with van der Waals surface area (Å²) in [7, 11) is 0. The Kier molecular flexibility index (Phi) is 63.1. The van der Waals surface area contributed by atoms with Crippen molar-refractivity contribution >= 4 is 17.9 Å². The third-order valence-electron chi connectivity index (χ3n) is 15.4. The summed E-state index contributed by atoms with van der Waals surface area (Å²) in [5.41, 5.74) is 0. The Morgan fingerprint density at radius 3 is 0.763 bits per heavy atom. The van der Waals surface area contributed by atoms with Gasteiger partial charge in [0, 0.05) is 19.3 Å². The Morgan fingerprint density at radius 2 is 0.474 bits per heavy atom. The van der Waals surface area contributed by atoms with E-state index in [0.717, 1.165) is 70.6 Å². The molecule has 0 aromatic heterocycles. The molecule has 76 heavy (non-hydrogen) atoms. The molecule has 6 nitrogen and oxygen atoms in total. The van der Waals surface area contributed by atoms with Crippen LogP contribution < -0.4 is 0 Å². The minimum atomic E-state index is -0.776. The van der Waals surface area contributed by atoms with Gasteiger partial charge in [0.2, 0.25) is 0 Å². The number of allylic oxidation sites excluding steroid dienone is 6. The number of carbonyl (C=O) groups is 3. The van der Waals surface area contributed by atoms with Crippen LogP contribution >= 0.6 is 0 Å². The van der Waals surface area contributed by atoms with E-state index >= 15 is 0 Å². The largest absolute Gasteiger partial charge is 0.462 e. The lowest BCUT2D eigenvalue weighted by atomic mass is 10.0. The molecule has 0 N–H and O–H groups in total. The van der Waals surface area contributed by atoms with E-state index in [4.69, 9.17) is 14.2 Å². The summed E-state index contributed by atoms with van der Waals surface area (Å²) in [4.78, 5) is 38.3. The topological polar surface area (TPSA) is 78.9 Å². The van der Waals surface area contributed by atoms with Gasteiger partial charge in [-0.3, -0.25) is 14.4 Å². The van der Waals surface area contributed by atoms with Gasteiger partial charge in [-0.1, -0.05) is 314 Å². The third-order valence-corrected chi connectivity index (χ3v) is 15.4. The van der Waals surface area contributed by atoms with Crippen LogP contribution in [-0.4, -0.2) is 37.2 Å². The molecule has 0 rings (SSSR count). The van der Waals surface area contributed by atoms with Crippen LogP contribution in [0.3, 0.4) is 0 Å². The van der Waals surface area contributed by atoms with Gasteiger partial charge in [0.05, 0.1) is 0 Å². The van der Waals surface area contributed by atoms with Crippen LogP contribution in [-0.2, 0) is 28.6 Å². The maximum absolute atomic E-state index is 12.9. The van der Waals surface area contributed by atoms with Gasteiger partial charge in [-0.15, -0.1) is 0 Å². The fourth-order valence-corrected chi connectivity index (χ4v) is 10.2. The fourth-order valence-electron chi connectivity index (χ4n) is 10.2. The molecule has 0 saturated carbocycles. The minimum absolute atomic E-state index is 0.0722. The molecule has 1 atom stereocenters. The maximum atomic E-state index is 12.9. The summed E-state index contributed by atoms with van der Waals surface area (Å²) in [6.07, 6.45) is 80.3. The predicted octanol–water partition coefficient (Wildman–Crippen LogP) is 23.2. The highest BCUT2D eigenvalue weighted by Crippen LogP contribution is 2.18. The van der Waals surface area contributed by atoms with E-state index in [-0.39, 0.29) is 31.1 Å². The van der Waals surface area contributed by atoms with Crippen LogP contribution in [0.5, 0.6) is 0 Å². The predicted molar refractivity (Wildman–Crippen MR) is 330 cm³/mol. The highest BCUT2D eigenvalue weighted by molar-refractivity contribution is 5.71. The number of hydrogen-bond donors (Lipinski definition) is 0. The van der Waals surface area contributed by atoms with E-state index in [9.17, 15) is 14.4 Å². The molecule has 0 bridgehead atoms. The van der Waals surface area contributed by atoms with Crippen molar-refractivity contribution in [3.05, 3.63) is 36.5 Å². The number of unbranched alkanes of at least 4 members (excludes halogenated alkanes) is 46. The van der Waals surface area contributed by atoms with Crippen LogP contribution in [0.1, 0.15) is 374 Å². The Morgan fingerprint density at radius 1 is 0.263 bits per heavy atom. The smallest absolute Gasteiger partial charge is 0.306 e. The van der Waals surface area contributed by atoms with Gasteiger partial charge in [-0.05, 0) is 77.0 Å². The van der Waals surface area contributed by atoms with Crippen LogP contribution in [0.25, 0.3) is 0 Å². The van der Waals surface area contributed by atoms with Gasteiger partial charge in [-0.25, -0.2) is 0 Å². The number of hydrogen-bond acceptors (Lipinski definition) is 6. The minimum Gasteiger partial charge on any atom is -0.462 e. The molecule has 0 spiro atoms. The number of carbonyl (C=O) groups excluding carboxylic acids is 3. The van der Waals surface area contributed by atoms with Crippen molar-refractivity contribution in [1.82, 2.24) is 0 Å². The lowest BCUT2D eigenvalue weighted by molar-refractivity contribution is -0.167. The van der Waals surface area contributed by atoms with Gasteiger partial charge < -0.3 is 14.2 Å². The molecule has 446 valence electrons. The maximum Gasteiger partial charge on any atom is 0.306 e. The highest BCUT2D eigenvalue weighted by Gasteiger charge is 2.19. The van der Waals surface area contributed by atoms with Crippen molar-refractivity contribution in [1.29, 1.82) is 0 Å². The molecule has 0 aromatic carbocycles. The van der Waals surface area contributed by atoms with Gasteiger partial charge in [0.1, 0.15) is 13.2 Å². The Labute approximate surface area is 474 Å². The molecule has 6 heteroatoms. The lowest BCUT2D eigenvalue weighted by Gasteiger charge is -2.18. The molecule has 0 aromatic rings. The Balaban J connectivity index is 4.19. The molecule has 0 fully saturated rings. The van der Waals surface area contributed by atoms with Crippen LogP contribution in [0, 0.1) is 0 Å². The third kappa shape index (κ3) is 62.5. The van der Waals surface area contributed by atoms with E-state index in [0.29, 0.717) is 19.3 Å². The fraction of sp³-hybridized carbons (Fsp3) is 0.871. The quantitative estimate of drug-likeness (QED) is 0.0261. The summed E-state index contributed by atoms with van der Waals surface area (Å²) in [6, 6.07) is 0. The summed E-state index contributed by atoms with van der Waals surface area (Å²) in [6.45, 7) is 6.65. The SMILES string of the molecule is CCCCC/C=C\C/C=C\CCCCCCCCCCCC(=O)OC(COC(=O)CCCCCCC/C=C\CCCCC)COC(=O)CCCCCCCCCCCCCCCCCCCCCCCCCCCCC. The van der Waals surface area contributed by atoms with Crippen molar-refractivity contribution in [3.8, 4) is 0 Å². The van der Waals surface area contributed by atoms with E-state index in [1.165, 1.54) is 263 Å². The van der Waals surface area contributed by atoms with Gasteiger partial charge >= 0.3 is 17.9 Å². The van der Waals surface area contributed by atoms with Crippen LogP contribution in [0.15, 0.2) is 36.5 Å². The first-order valence-corrected chi connectivity index (χ1v) is 34.0. The molecule has 1 unspecified atom stereocenters. The monoisotopic (exact) mass is 1070 g/mol.